The van der Waals surface area contributed by atoms with Gasteiger partial charge in [-0.05, 0) is 60.0 Å². The molecule has 0 bridgehead atoms. The number of nitrogens with zero attached hydrogens (tertiary/aromatic N) is 1. The third-order valence-electron chi connectivity index (χ3n) is 5.03. The lowest BCUT2D eigenvalue weighted by Gasteiger charge is -2.23. The van der Waals surface area contributed by atoms with Gasteiger partial charge >= 0.3 is 0 Å². The molecule has 0 saturated heterocycles. The molecule has 3 rings (SSSR count). The van der Waals surface area contributed by atoms with Crippen molar-refractivity contribution in [1.82, 2.24) is 4.31 Å². The molecule has 0 spiro atoms. The van der Waals surface area contributed by atoms with Gasteiger partial charge < -0.3 is 5.32 Å². The maximum atomic E-state index is 13.4. The first-order valence-corrected chi connectivity index (χ1v) is 12.7. The molecule has 0 atom stereocenters. The summed E-state index contributed by atoms with van der Waals surface area (Å²) >= 11 is 18.5. The van der Waals surface area contributed by atoms with Crippen molar-refractivity contribution in [3.63, 3.8) is 0 Å². The van der Waals surface area contributed by atoms with E-state index in [1.807, 2.05) is 12.1 Å². The normalized spacial score (nSPS) is 11.7. The molecule has 1 amide bonds. The predicted molar refractivity (Wildman–Crippen MR) is 135 cm³/mol. The number of carbonyl (C=O) groups excluding carboxylic acids is 1. The summed E-state index contributed by atoms with van der Waals surface area (Å²) in [5, 5.41) is 3.77. The highest BCUT2D eigenvalue weighted by Gasteiger charge is 2.28. The Morgan fingerprint density at radius 2 is 1.48 bits per heavy atom. The summed E-state index contributed by atoms with van der Waals surface area (Å²) in [6.45, 7) is 3.54. The van der Waals surface area contributed by atoms with Gasteiger partial charge in [0.2, 0.25) is 15.9 Å². The van der Waals surface area contributed by atoms with Crippen molar-refractivity contribution >= 4 is 56.4 Å². The van der Waals surface area contributed by atoms with E-state index < -0.39 is 22.5 Å². The predicted octanol–water partition coefficient (Wildman–Crippen LogP) is 6.60. The first-order chi connectivity index (χ1) is 15.6. The van der Waals surface area contributed by atoms with E-state index in [2.05, 4.69) is 19.2 Å². The van der Waals surface area contributed by atoms with E-state index in [4.69, 9.17) is 34.8 Å². The topological polar surface area (TPSA) is 66.5 Å². The van der Waals surface area contributed by atoms with Gasteiger partial charge in [-0.3, -0.25) is 4.79 Å². The first-order valence-electron chi connectivity index (χ1n) is 10.2. The zero-order valence-electron chi connectivity index (χ0n) is 18.1. The Balaban J connectivity index is 1.89. The minimum absolute atomic E-state index is 0.00385. The number of carbonyl (C=O) groups is 1. The minimum atomic E-state index is -4.06. The molecule has 9 heteroatoms. The van der Waals surface area contributed by atoms with Crippen LogP contribution >= 0.6 is 34.8 Å². The maximum absolute atomic E-state index is 13.4. The van der Waals surface area contributed by atoms with E-state index in [-0.39, 0.29) is 11.4 Å². The van der Waals surface area contributed by atoms with Gasteiger partial charge in [-0.25, -0.2) is 8.42 Å². The van der Waals surface area contributed by atoms with Crippen molar-refractivity contribution in [3.05, 3.63) is 92.9 Å². The molecular formula is C24H23Cl3N2O3S. The average Bonchev–Trinajstić information content (AvgIpc) is 2.76. The van der Waals surface area contributed by atoms with Crippen LogP contribution in [0.5, 0.6) is 0 Å². The van der Waals surface area contributed by atoms with Crippen LogP contribution < -0.4 is 5.32 Å². The fraction of sp³-hybridized carbons (Fsp3) is 0.208. The molecule has 174 valence electrons. The molecule has 0 radical (unpaired) electrons. The second-order valence-corrected chi connectivity index (χ2v) is 10.9. The van der Waals surface area contributed by atoms with E-state index in [1.165, 1.54) is 24.3 Å². The van der Waals surface area contributed by atoms with Gasteiger partial charge in [0.05, 0.1) is 11.4 Å². The van der Waals surface area contributed by atoms with Crippen LogP contribution in [0.15, 0.2) is 71.6 Å². The van der Waals surface area contributed by atoms with Gasteiger partial charge in [0.25, 0.3) is 0 Å². The highest BCUT2D eigenvalue weighted by molar-refractivity contribution is 7.89. The highest BCUT2D eigenvalue weighted by atomic mass is 35.5. The van der Waals surface area contributed by atoms with Crippen LogP contribution in [0, 0.1) is 0 Å². The SMILES string of the molecule is CC(C)c1ccc(NC(=O)CN(Cc2c(Cl)cccc2Cl)S(=O)(=O)c2ccc(Cl)cc2)cc1. The monoisotopic (exact) mass is 524 g/mol. The fourth-order valence-electron chi connectivity index (χ4n) is 3.15. The van der Waals surface area contributed by atoms with Gasteiger partial charge in [0.15, 0.2) is 0 Å². The van der Waals surface area contributed by atoms with Crippen LogP contribution in [0.4, 0.5) is 5.69 Å². The Morgan fingerprint density at radius 3 is 2.03 bits per heavy atom. The molecule has 3 aromatic carbocycles. The van der Waals surface area contributed by atoms with Crippen LogP contribution in [0.25, 0.3) is 0 Å². The zero-order valence-corrected chi connectivity index (χ0v) is 21.1. The summed E-state index contributed by atoms with van der Waals surface area (Å²) in [5.74, 6) is -0.136. The van der Waals surface area contributed by atoms with Crippen molar-refractivity contribution in [2.24, 2.45) is 0 Å². The molecule has 3 aromatic rings. The van der Waals surface area contributed by atoms with Crippen molar-refractivity contribution in [2.75, 3.05) is 11.9 Å². The Bertz CT molecular complexity index is 1210. The zero-order chi connectivity index (χ0) is 24.2. The maximum Gasteiger partial charge on any atom is 0.243 e. The lowest BCUT2D eigenvalue weighted by atomic mass is 10.0. The standard InChI is InChI=1S/C24H23Cl3N2O3S/c1-16(2)17-6-10-19(11-7-17)28-24(30)15-29(14-21-22(26)4-3-5-23(21)27)33(31,32)20-12-8-18(25)9-13-20/h3-13,16H,14-15H2,1-2H3,(H,28,30). The lowest BCUT2D eigenvalue weighted by Crippen LogP contribution is -2.37. The number of rotatable bonds is 8. The van der Waals surface area contributed by atoms with Gasteiger partial charge in [-0.1, -0.05) is 66.8 Å². The molecule has 0 fully saturated rings. The summed E-state index contributed by atoms with van der Waals surface area (Å²) in [6, 6.07) is 18.1. The molecule has 0 aliphatic heterocycles. The van der Waals surface area contributed by atoms with Crippen LogP contribution in [0.1, 0.15) is 30.9 Å². The van der Waals surface area contributed by atoms with Gasteiger partial charge in [0.1, 0.15) is 0 Å². The van der Waals surface area contributed by atoms with E-state index >= 15 is 0 Å². The highest BCUT2D eigenvalue weighted by Crippen LogP contribution is 2.28. The van der Waals surface area contributed by atoms with Gasteiger partial charge in [-0.15, -0.1) is 0 Å². The number of sulfonamides is 1. The number of hydrogen-bond donors (Lipinski definition) is 1. The molecule has 1 N–H and O–H groups in total. The Kier molecular flexibility index (Phi) is 8.43. The molecule has 0 aliphatic carbocycles. The number of halogens is 3. The van der Waals surface area contributed by atoms with Crippen LogP contribution in [0.2, 0.25) is 15.1 Å². The number of anilines is 1. The Hall–Kier alpha value is -2.09. The van der Waals surface area contributed by atoms with E-state index in [0.29, 0.717) is 32.2 Å². The first kappa shape index (κ1) is 25.5. The summed E-state index contributed by atoms with van der Waals surface area (Å²) in [4.78, 5) is 12.8. The van der Waals surface area contributed by atoms with Gasteiger partial charge in [-0.2, -0.15) is 4.31 Å². The van der Waals surface area contributed by atoms with Gasteiger partial charge in [0, 0.05) is 32.9 Å². The molecule has 0 heterocycles. The average molecular weight is 526 g/mol. The second-order valence-electron chi connectivity index (χ2n) is 7.75. The molecule has 0 aromatic heterocycles. The van der Waals surface area contributed by atoms with Crippen LogP contribution in [-0.2, 0) is 21.4 Å². The molecule has 0 saturated carbocycles. The van der Waals surface area contributed by atoms with E-state index in [1.54, 1.807) is 30.3 Å². The quantitative estimate of drug-likeness (QED) is 0.360. The molecule has 0 aliphatic rings. The molecule has 0 unspecified atom stereocenters. The number of benzene rings is 3. The third-order valence-corrected chi connectivity index (χ3v) is 7.79. The minimum Gasteiger partial charge on any atom is -0.325 e. The summed E-state index contributed by atoms with van der Waals surface area (Å²) in [6.07, 6.45) is 0. The van der Waals surface area contributed by atoms with Crippen LogP contribution in [0.3, 0.4) is 0 Å². The van der Waals surface area contributed by atoms with Crippen LogP contribution in [-0.4, -0.2) is 25.2 Å². The number of nitrogens with one attached hydrogen (secondary N) is 1. The fourth-order valence-corrected chi connectivity index (χ4v) is 5.16. The van der Waals surface area contributed by atoms with E-state index in [9.17, 15) is 13.2 Å². The van der Waals surface area contributed by atoms with E-state index in [0.717, 1.165) is 9.87 Å². The summed E-state index contributed by atoms with van der Waals surface area (Å²) in [5.41, 5.74) is 2.12. The van der Waals surface area contributed by atoms with Crippen molar-refractivity contribution in [1.29, 1.82) is 0 Å². The molecular weight excluding hydrogens is 503 g/mol. The number of amides is 1. The summed E-state index contributed by atoms with van der Waals surface area (Å²) in [7, 11) is -4.06. The van der Waals surface area contributed by atoms with Crippen molar-refractivity contribution < 1.29 is 13.2 Å². The second kappa shape index (κ2) is 10.9. The summed E-state index contributed by atoms with van der Waals surface area (Å²) < 4.78 is 27.8. The Labute approximate surface area is 209 Å². The Morgan fingerprint density at radius 1 is 0.909 bits per heavy atom. The third kappa shape index (κ3) is 6.49. The van der Waals surface area contributed by atoms with Crippen molar-refractivity contribution in [2.45, 2.75) is 31.2 Å². The molecule has 5 nitrogen and oxygen atoms in total. The molecule has 33 heavy (non-hydrogen) atoms. The largest absolute Gasteiger partial charge is 0.325 e. The lowest BCUT2D eigenvalue weighted by molar-refractivity contribution is -0.116. The number of hydrogen-bond acceptors (Lipinski definition) is 3. The smallest absolute Gasteiger partial charge is 0.243 e. The van der Waals surface area contributed by atoms with Crippen molar-refractivity contribution in [3.8, 4) is 0 Å².